The van der Waals surface area contributed by atoms with Gasteiger partial charge in [-0.3, -0.25) is 9.59 Å². The lowest BCUT2D eigenvalue weighted by molar-refractivity contribution is 0.0665. The second-order valence-corrected chi connectivity index (χ2v) is 16.3. The number of hydrogen-bond donors (Lipinski definition) is 0. The van der Waals surface area contributed by atoms with Crippen molar-refractivity contribution in [3.05, 3.63) is 154 Å². The van der Waals surface area contributed by atoms with Gasteiger partial charge < -0.3 is 19.6 Å². The molecule has 2 fully saturated rings. The average molecular weight is 821 g/mol. The summed E-state index contributed by atoms with van der Waals surface area (Å²) in [6.45, 7) is 12.3. The van der Waals surface area contributed by atoms with Crippen molar-refractivity contribution < 1.29 is 18.4 Å². The van der Waals surface area contributed by atoms with E-state index in [9.17, 15) is 18.4 Å². The van der Waals surface area contributed by atoms with Crippen LogP contribution in [0.15, 0.2) is 97.1 Å². The van der Waals surface area contributed by atoms with Crippen molar-refractivity contribution in [2.24, 2.45) is 0 Å². The Morgan fingerprint density at radius 1 is 0.621 bits per heavy atom. The fourth-order valence-electron chi connectivity index (χ4n) is 7.16. The van der Waals surface area contributed by atoms with Crippen LogP contribution in [0.5, 0.6) is 0 Å². The average Bonchev–Trinajstić information content (AvgIpc) is 3.90. The normalized spacial score (nSPS) is 16.9. The van der Waals surface area contributed by atoms with Crippen LogP contribution in [0, 0.1) is 25.5 Å². The molecule has 10 nitrogen and oxygen atoms in total. The molecule has 2 aliphatic rings. The first-order valence-corrected chi connectivity index (χ1v) is 20.9. The van der Waals surface area contributed by atoms with Crippen molar-refractivity contribution in [2.75, 3.05) is 49.1 Å². The molecule has 6 aromatic rings. The summed E-state index contributed by atoms with van der Waals surface area (Å²) in [5, 5.41) is 1.74. The number of piperazine rings is 2. The molecule has 2 amide bonds. The summed E-state index contributed by atoms with van der Waals surface area (Å²) in [4.78, 5) is 43.4. The van der Waals surface area contributed by atoms with Gasteiger partial charge in [0, 0.05) is 98.4 Å². The van der Waals surface area contributed by atoms with E-state index in [1.165, 1.54) is 47.3 Å². The minimum atomic E-state index is -0.243. The molecule has 2 saturated heterocycles. The fraction of sp³-hybridized carbons (Fsp3) is 0.318. The first-order valence-electron chi connectivity index (χ1n) is 19.4. The molecule has 14 heteroatoms. The molecule has 0 spiro atoms. The summed E-state index contributed by atoms with van der Waals surface area (Å²) in [6, 6.07) is 28.5. The van der Waals surface area contributed by atoms with E-state index in [0.29, 0.717) is 25.9 Å². The molecule has 300 valence electrons. The molecule has 0 radical (unpaired) electrons. The van der Waals surface area contributed by atoms with E-state index in [0.717, 1.165) is 81.5 Å². The van der Waals surface area contributed by atoms with Crippen LogP contribution in [-0.2, 0) is 12.8 Å². The summed E-state index contributed by atoms with van der Waals surface area (Å²) < 4.78 is 35.0. The quantitative estimate of drug-likeness (QED) is 0.153. The number of benzene rings is 4. The van der Waals surface area contributed by atoms with Gasteiger partial charge in [0.1, 0.15) is 23.3 Å². The number of aromatic nitrogens is 4. The van der Waals surface area contributed by atoms with Crippen molar-refractivity contribution in [3.8, 4) is 0 Å². The van der Waals surface area contributed by atoms with Crippen LogP contribution in [0.3, 0.4) is 0 Å². The highest BCUT2D eigenvalue weighted by Gasteiger charge is 2.31. The van der Waals surface area contributed by atoms with E-state index in [-0.39, 0.29) is 35.5 Å². The van der Waals surface area contributed by atoms with Crippen LogP contribution in [0.2, 0.25) is 0 Å². The molecule has 2 atom stereocenters. The minimum absolute atomic E-state index is 0.0754. The Bertz CT molecular complexity index is 2320. The van der Waals surface area contributed by atoms with Crippen molar-refractivity contribution in [3.63, 3.8) is 0 Å². The maximum atomic E-state index is 13.1. The molecule has 2 unspecified atom stereocenters. The Morgan fingerprint density at radius 3 is 1.55 bits per heavy atom. The number of amides is 2. The van der Waals surface area contributed by atoms with E-state index in [4.69, 9.17) is 0 Å². The zero-order valence-electron chi connectivity index (χ0n) is 33.0. The van der Waals surface area contributed by atoms with Gasteiger partial charge in [0.15, 0.2) is 0 Å². The molecular weight excluding hydrogens is 775 g/mol. The minimum Gasteiger partial charge on any atom is -0.343 e. The molecule has 0 bridgehead atoms. The highest BCUT2D eigenvalue weighted by atomic mass is 32.1. The van der Waals surface area contributed by atoms with Crippen LogP contribution in [-0.4, -0.2) is 91.7 Å². The predicted octanol–water partition coefficient (Wildman–Crippen LogP) is 7.85. The second-order valence-electron chi connectivity index (χ2n) is 14.9. The topological polar surface area (TPSA) is 98.7 Å². The van der Waals surface area contributed by atoms with Crippen LogP contribution in [0.4, 0.5) is 19.0 Å². The van der Waals surface area contributed by atoms with Crippen molar-refractivity contribution in [1.82, 2.24) is 28.5 Å². The Labute approximate surface area is 346 Å². The van der Waals surface area contributed by atoms with Gasteiger partial charge in [0.25, 0.3) is 11.8 Å². The highest BCUT2D eigenvalue weighted by molar-refractivity contribution is 7.10. The highest BCUT2D eigenvalue weighted by Crippen LogP contribution is 2.26. The Morgan fingerprint density at radius 2 is 1.09 bits per heavy atom. The van der Waals surface area contributed by atoms with Gasteiger partial charge in [-0.15, -0.1) is 0 Å². The number of halogens is 2. The van der Waals surface area contributed by atoms with Crippen molar-refractivity contribution in [1.29, 1.82) is 0 Å². The molecule has 0 saturated carbocycles. The first kappa shape index (κ1) is 40.6. The predicted molar refractivity (Wildman–Crippen MR) is 226 cm³/mol. The largest absolute Gasteiger partial charge is 0.343 e. The van der Waals surface area contributed by atoms with Gasteiger partial charge >= 0.3 is 0 Å². The van der Waals surface area contributed by atoms with Gasteiger partial charge in [-0.2, -0.15) is 8.75 Å². The lowest BCUT2D eigenvalue weighted by Crippen LogP contribution is -2.54. The molecule has 2 aliphatic heterocycles. The molecule has 4 heterocycles. The number of aryl methyl sites for hydroxylation is 2. The molecule has 8 rings (SSSR count). The molecule has 0 aliphatic carbocycles. The summed E-state index contributed by atoms with van der Waals surface area (Å²) in [5.41, 5.74) is 5.61. The van der Waals surface area contributed by atoms with Crippen molar-refractivity contribution in [2.45, 2.75) is 52.6 Å². The summed E-state index contributed by atoms with van der Waals surface area (Å²) in [5.74, 6) is 1.15. The second kappa shape index (κ2) is 18.3. The Balaban J connectivity index is 0.000000177. The van der Waals surface area contributed by atoms with Crippen LogP contribution >= 0.6 is 23.1 Å². The van der Waals surface area contributed by atoms with Crippen LogP contribution in [0.1, 0.15) is 68.5 Å². The van der Waals surface area contributed by atoms with E-state index in [2.05, 4.69) is 42.4 Å². The van der Waals surface area contributed by atoms with E-state index >= 15 is 0 Å². The van der Waals surface area contributed by atoms with E-state index in [1.54, 1.807) is 24.3 Å². The third kappa shape index (κ3) is 9.91. The van der Waals surface area contributed by atoms with Gasteiger partial charge in [0.05, 0.1) is 0 Å². The van der Waals surface area contributed by atoms with Gasteiger partial charge in [-0.05, 0) is 86.8 Å². The van der Waals surface area contributed by atoms with Crippen LogP contribution < -0.4 is 9.80 Å². The maximum Gasteiger partial charge on any atom is 0.254 e. The SMILES string of the molecule is Cc1ccc(C(=O)N2CCN(c3nc(Cc4ccc(F)cc4)ns3)CC2C)cc1.Cc1ccccc1C(=O)N1CCN(c2nc(Cc3ccc(F)cc3)ns2)CC1C. The maximum absolute atomic E-state index is 13.1. The third-order valence-corrected chi connectivity index (χ3v) is 12.1. The fourth-order valence-corrected chi connectivity index (χ4v) is 8.60. The van der Waals surface area contributed by atoms with Gasteiger partial charge in [-0.1, -0.05) is 60.2 Å². The standard InChI is InChI=1S/2C22H23FN4OS/c1-15-3-7-18(8-4-15)21(28)27-12-11-26(14-16(27)2)22-24-20(25-29-22)13-17-5-9-19(23)10-6-17;1-15-5-3-4-6-19(15)21(28)27-12-11-26(14-16(27)2)22-24-20(25-29-22)13-17-7-9-18(23)10-8-17/h2*3-10,16H,11-14H2,1-2H3. The summed E-state index contributed by atoms with van der Waals surface area (Å²) in [7, 11) is 0. The number of nitrogens with zero attached hydrogens (tertiary/aromatic N) is 8. The monoisotopic (exact) mass is 820 g/mol. The van der Waals surface area contributed by atoms with E-state index < -0.39 is 0 Å². The summed E-state index contributed by atoms with van der Waals surface area (Å²) in [6.07, 6.45) is 1.16. The summed E-state index contributed by atoms with van der Waals surface area (Å²) >= 11 is 2.75. The third-order valence-electron chi connectivity index (χ3n) is 10.5. The molecule has 2 aromatic heterocycles. The van der Waals surface area contributed by atoms with Gasteiger partial charge in [-0.25, -0.2) is 18.7 Å². The number of rotatable bonds is 8. The lowest BCUT2D eigenvalue weighted by atomic mass is 10.1. The van der Waals surface area contributed by atoms with Gasteiger partial charge in [0.2, 0.25) is 10.3 Å². The smallest absolute Gasteiger partial charge is 0.254 e. The zero-order valence-corrected chi connectivity index (χ0v) is 34.6. The molecule has 58 heavy (non-hydrogen) atoms. The lowest BCUT2D eigenvalue weighted by Gasteiger charge is -2.39. The number of anilines is 2. The van der Waals surface area contributed by atoms with E-state index in [1.807, 2.05) is 72.2 Å². The number of hydrogen-bond acceptors (Lipinski definition) is 10. The number of carbonyl (C=O) groups is 2. The van der Waals surface area contributed by atoms with Crippen molar-refractivity contribution >= 4 is 45.1 Å². The number of carbonyl (C=O) groups excluding carboxylic acids is 2. The molecular formula is C44H46F2N8O2S2. The first-order chi connectivity index (χ1) is 28.0. The molecule has 4 aromatic carbocycles. The molecule has 0 N–H and O–H groups in total. The Kier molecular flexibility index (Phi) is 12.8. The Hall–Kier alpha value is -5.60. The zero-order chi connectivity index (χ0) is 40.8. The van der Waals surface area contributed by atoms with Crippen LogP contribution in [0.25, 0.3) is 0 Å².